The maximum Gasteiger partial charge on any atom is 0.344 e. The van der Waals surface area contributed by atoms with E-state index in [1.165, 1.54) is 0 Å². The molecule has 0 aromatic heterocycles. The predicted octanol–water partition coefficient (Wildman–Crippen LogP) is 3.63. The molecule has 0 saturated heterocycles. The maximum atomic E-state index is 12.1. The summed E-state index contributed by atoms with van der Waals surface area (Å²) >= 11 is 0. The quantitative estimate of drug-likeness (QED) is 0.721. The first kappa shape index (κ1) is 20.0. The molecule has 6 nitrogen and oxygen atoms in total. The fourth-order valence-corrected chi connectivity index (χ4v) is 2.40. The Morgan fingerprint density at radius 1 is 1.11 bits per heavy atom. The second-order valence-electron chi connectivity index (χ2n) is 6.03. The van der Waals surface area contributed by atoms with Crippen LogP contribution in [0.5, 0.6) is 5.75 Å². The molecule has 2 aromatic rings. The Labute approximate surface area is 158 Å². The number of nitrogens with one attached hydrogen (secondary N) is 1. The number of benzene rings is 2. The first-order valence-corrected chi connectivity index (χ1v) is 8.70. The maximum absolute atomic E-state index is 12.1. The van der Waals surface area contributed by atoms with Crippen LogP contribution in [0.25, 0.3) is 0 Å². The molecule has 0 aliphatic rings. The fourth-order valence-electron chi connectivity index (χ4n) is 2.40. The van der Waals surface area contributed by atoms with E-state index in [0.29, 0.717) is 17.2 Å². The average Bonchev–Trinajstić information content (AvgIpc) is 2.71. The highest BCUT2D eigenvalue weighted by atomic mass is 16.6. The van der Waals surface area contributed by atoms with E-state index in [1.54, 1.807) is 24.3 Å². The Morgan fingerprint density at radius 3 is 2.48 bits per heavy atom. The molecule has 0 heterocycles. The molecule has 0 unspecified atom stereocenters. The molecule has 0 spiro atoms. The van der Waals surface area contributed by atoms with Gasteiger partial charge in [0.1, 0.15) is 5.75 Å². The van der Waals surface area contributed by atoms with Crippen LogP contribution in [-0.2, 0) is 14.3 Å². The molecule has 27 heavy (non-hydrogen) atoms. The summed E-state index contributed by atoms with van der Waals surface area (Å²) < 4.78 is 10.2. The van der Waals surface area contributed by atoms with E-state index in [9.17, 15) is 9.59 Å². The molecular weight excluding hydrogens is 344 g/mol. The van der Waals surface area contributed by atoms with Gasteiger partial charge in [-0.2, -0.15) is 5.26 Å². The number of rotatable bonds is 8. The SMILES string of the molecule is CC[C@@H](C)c1ccccc1NC(=O)COC(=O)COc1ccc(C#N)cc1. The minimum absolute atomic E-state index is 0.310. The van der Waals surface area contributed by atoms with Crippen molar-refractivity contribution in [1.82, 2.24) is 0 Å². The Hall–Kier alpha value is -3.33. The van der Waals surface area contributed by atoms with E-state index >= 15 is 0 Å². The fraction of sp³-hybridized carbons (Fsp3) is 0.286. The number of amides is 1. The zero-order valence-corrected chi connectivity index (χ0v) is 15.4. The van der Waals surface area contributed by atoms with Crippen molar-refractivity contribution >= 4 is 17.6 Å². The molecule has 0 aliphatic heterocycles. The lowest BCUT2D eigenvalue weighted by atomic mass is 9.97. The smallest absolute Gasteiger partial charge is 0.344 e. The number of nitriles is 1. The summed E-state index contributed by atoms with van der Waals surface area (Å²) in [4.78, 5) is 23.8. The number of anilines is 1. The van der Waals surface area contributed by atoms with E-state index in [4.69, 9.17) is 14.7 Å². The van der Waals surface area contributed by atoms with Crippen LogP contribution in [0.1, 0.15) is 37.3 Å². The Kier molecular flexibility index (Phi) is 7.38. The van der Waals surface area contributed by atoms with Gasteiger partial charge in [-0.05, 0) is 48.2 Å². The molecule has 140 valence electrons. The van der Waals surface area contributed by atoms with E-state index < -0.39 is 11.9 Å². The largest absolute Gasteiger partial charge is 0.482 e. The molecular formula is C21H22N2O4. The predicted molar refractivity (Wildman–Crippen MR) is 101 cm³/mol. The standard InChI is InChI=1S/C21H22N2O4/c1-3-15(2)18-6-4-5-7-19(18)23-20(24)13-27-21(25)14-26-17-10-8-16(12-22)9-11-17/h4-11,15H,3,13-14H2,1-2H3,(H,23,24)/t15-/m1/s1. The topological polar surface area (TPSA) is 88.4 Å². The summed E-state index contributed by atoms with van der Waals surface area (Å²) in [7, 11) is 0. The Bertz CT molecular complexity index is 825. The number of hydrogen-bond acceptors (Lipinski definition) is 5. The lowest BCUT2D eigenvalue weighted by molar-refractivity contribution is -0.149. The molecule has 1 amide bonds. The number of hydrogen-bond donors (Lipinski definition) is 1. The van der Waals surface area contributed by atoms with Gasteiger partial charge in [-0.3, -0.25) is 4.79 Å². The molecule has 2 rings (SSSR count). The summed E-state index contributed by atoms with van der Waals surface area (Å²) in [6, 6.07) is 15.9. The van der Waals surface area contributed by atoms with Crippen molar-refractivity contribution in [2.24, 2.45) is 0 Å². The number of carbonyl (C=O) groups is 2. The van der Waals surface area contributed by atoms with Crippen molar-refractivity contribution in [3.05, 3.63) is 59.7 Å². The van der Waals surface area contributed by atoms with Crippen LogP contribution < -0.4 is 10.1 Å². The van der Waals surface area contributed by atoms with E-state index in [2.05, 4.69) is 19.2 Å². The average molecular weight is 366 g/mol. The zero-order chi connectivity index (χ0) is 19.6. The molecule has 0 saturated carbocycles. The van der Waals surface area contributed by atoms with E-state index in [1.807, 2.05) is 30.3 Å². The minimum Gasteiger partial charge on any atom is -0.482 e. The molecule has 1 N–H and O–H groups in total. The van der Waals surface area contributed by atoms with E-state index in [0.717, 1.165) is 17.7 Å². The summed E-state index contributed by atoms with van der Waals surface area (Å²) in [5, 5.41) is 11.5. The monoisotopic (exact) mass is 366 g/mol. The first-order valence-electron chi connectivity index (χ1n) is 8.70. The zero-order valence-electron chi connectivity index (χ0n) is 15.4. The number of para-hydroxylation sites is 1. The van der Waals surface area contributed by atoms with Gasteiger partial charge in [0, 0.05) is 5.69 Å². The van der Waals surface area contributed by atoms with Gasteiger partial charge < -0.3 is 14.8 Å². The van der Waals surface area contributed by atoms with Crippen LogP contribution in [0.3, 0.4) is 0 Å². The van der Waals surface area contributed by atoms with Crippen molar-refractivity contribution in [3.63, 3.8) is 0 Å². The van der Waals surface area contributed by atoms with Gasteiger partial charge in [0.25, 0.3) is 5.91 Å². The highest BCUT2D eigenvalue weighted by molar-refractivity contribution is 5.93. The van der Waals surface area contributed by atoms with Crippen LogP contribution in [0.2, 0.25) is 0 Å². The molecule has 6 heteroatoms. The number of carbonyl (C=O) groups excluding carboxylic acids is 2. The minimum atomic E-state index is -0.648. The summed E-state index contributed by atoms with van der Waals surface area (Å²) in [6.07, 6.45) is 0.953. The van der Waals surface area contributed by atoms with Crippen LogP contribution in [0.4, 0.5) is 5.69 Å². The van der Waals surface area contributed by atoms with Gasteiger partial charge in [-0.25, -0.2) is 4.79 Å². The highest BCUT2D eigenvalue weighted by Gasteiger charge is 2.13. The van der Waals surface area contributed by atoms with E-state index in [-0.39, 0.29) is 13.2 Å². The Balaban J connectivity index is 1.80. The normalized spacial score (nSPS) is 11.1. The molecule has 2 aromatic carbocycles. The molecule has 0 aliphatic carbocycles. The van der Waals surface area contributed by atoms with Gasteiger partial charge in [0.15, 0.2) is 13.2 Å². The van der Waals surface area contributed by atoms with Crippen LogP contribution in [0, 0.1) is 11.3 Å². The van der Waals surface area contributed by atoms with Crippen molar-refractivity contribution < 1.29 is 19.1 Å². The molecule has 0 fully saturated rings. The molecule has 0 bridgehead atoms. The van der Waals surface area contributed by atoms with Gasteiger partial charge in [-0.1, -0.05) is 32.0 Å². The number of nitrogens with zero attached hydrogens (tertiary/aromatic N) is 1. The third-order valence-corrected chi connectivity index (χ3v) is 4.08. The van der Waals surface area contributed by atoms with Crippen molar-refractivity contribution in [3.8, 4) is 11.8 Å². The lowest BCUT2D eigenvalue weighted by Crippen LogP contribution is -2.24. The van der Waals surface area contributed by atoms with Gasteiger partial charge in [0.05, 0.1) is 11.6 Å². The van der Waals surface area contributed by atoms with Gasteiger partial charge in [0.2, 0.25) is 0 Å². The van der Waals surface area contributed by atoms with Crippen molar-refractivity contribution in [2.75, 3.05) is 18.5 Å². The lowest BCUT2D eigenvalue weighted by Gasteiger charge is -2.15. The third-order valence-electron chi connectivity index (χ3n) is 4.08. The first-order chi connectivity index (χ1) is 13.0. The van der Waals surface area contributed by atoms with Crippen molar-refractivity contribution in [1.29, 1.82) is 5.26 Å². The van der Waals surface area contributed by atoms with Gasteiger partial charge in [-0.15, -0.1) is 0 Å². The second-order valence-corrected chi connectivity index (χ2v) is 6.03. The number of esters is 1. The highest BCUT2D eigenvalue weighted by Crippen LogP contribution is 2.26. The van der Waals surface area contributed by atoms with Gasteiger partial charge >= 0.3 is 5.97 Å². The number of ether oxygens (including phenoxy) is 2. The third kappa shape index (κ3) is 6.15. The summed E-state index contributed by atoms with van der Waals surface area (Å²) in [5.41, 5.74) is 2.27. The van der Waals surface area contributed by atoms with Crippen LogP contribution in [0.15, 0.2) is 48.5 Å². The Morgan fingerprint density at radius 2 is 1.81 bits per heavy atom. The second kappa shape index (κ2) is 9.97. The van der Waals surface area contributed by atoms with Crippen molar-refractivity contribution in [2.45, 2.75) is 26.2 Å². The van der Waals surface area contributed by atoms with Crippen LogP contribution >= 0.6 is 0 Å². The summed E-state index contributed by atoms with van der Waals surface area (Å²) in [6.45, 7) is 3.47. The molecule has 0 radical (unpaired) electrons. The summed E-state index contributed by atoms with van der Waals surface area (Å²) in [5.74, 6) is -0.301. The molecule has 1 atom stereocenters. The van der Waals surface area contributed by atoms with Crippen LogP contribution in [-0.4, -0.2) is 25.1 Å².